The molecule has 0 aliphatic carbocycles. The van der Waals surface area contributed by atoms with Crippen molar-refractivity contribution in [2.24, 2.45) is 0 Å². The van der Waals surface area contributed by atoms with Gasteiger partial charge in [0.15, 0.2) is 0 Å². The number of carbonyl (C=O) groups is 1. The molecule has 6 heteroatoms. The number of aryl methyl sites for hydroxylation is 1. The van der Waals surface area contributed by atoms with Crippen molar-refractivity contribution in [1.82, 2.24) is 20.1 Å². The van der Waals surface area contributed by atoms with Crippen LogP contribution in [-0.2, 0) is 6.42 Å². The number of nitrogens with zero attached hydrogens (tertiary/aromatic N) is 3. The Morgan fingerprint density at radius 2 is 2.47 bits per heavy atom. The minimum absolute atomic E-state index is 0.0119. The molecule has 1 fully saturated rings. The maximum absolute atomic E-state index is 12.1. The minimum atomic E-state index is -0.180. The lowest BCUT2D eigenvalue weighted by Crippen LogP contribution is -2.38. The third kappa shape index (κ3) is 2.46. The topological polar surface area (TPSA) is 82.1 Å². The first kappa shape index (κ1) is 12.0. The first-order chi connectivity index (χ1) is 8.26. The van der Waals surface area contributed by atoms with Crippen LogP contribution in [0.3, 0.4) is 0 Å². The predicted octanol–water partition coefficient (Wildman–Crippen LogP) is 0.354. The average molecular weight is 238 g/mol. The summed E-state index contributed by atoms with van der Waals surface area (Å²) in [6.07, 6.45) is 3.55. The molecule has 1 aliphatic rings. The molecule has 1 amide bonds. The van der Waals surface area contributed by atoms with E-state index in [1.165, 1.54) is 0 Å². The molecule has 1 atom stereocenters. The summed E-state index contributed by atoms with van der Waals surface area (Å²) in [5, 5.41) is 15.9. The van der Waals surface area contributed by atoms with Crippen molar-refractivity contribution in [3.8, 4) is 0 Å². The van der Waals surface area contributed by atoms with Crippen LogP contribution in [0, 0.1) is 0 Å². The van der Waals surface area contributed by atoms with Crippen LogP contribution in [-0.4, -0.2) is 50.3 Å². The van der Waals surface area contributed by atoms with Crippen LogP contribution in [0.1, 0.15) is 42.6 Å². The van der Waals surface area contributed by atoms with Crippen molar-refractivity contribution < 1.29 is 9.90 Å². The fourth-order valence-electron chi connectivity index (χ4n) is 2.16. The molecule has 1 aliphatic heterocycles. The largest absolute Gasteiger partial charge is 0.394 e. The molecule has 0 spiro atoms. The van der Waals surface area contributed by atoms with Crippen molar-refractivity contribution in [2.45, 2.75) is 38.6 Å². The fourth-order valence-corrected chi connectivity index (χ4v) is 2.16. The second-order valence-electron chi connectivity index (χ2n) is 4.33. The van der Waals surface area contributed by atoms with Gasteiger partial charge in [0, 0.05) is 13.0 Å². The zero-order valence-corrected chi connectivity index (χ0v) is 10.0. The summed E-state index contributed by atoms with van der Waals surface area (Å²) in [6, 6.07) is -0.0735. The predicted molar refractivity (Wildman–Crippen MR) is 61.5 cm³/mol. The fraction of sp³-hybridized carbons (Fsp3) is 0.727. The van der Waals surface area contributed by atoms with Gasteiger partial charge in [0.1, 0.15) is 5.82 Å². The maximum atomic E-state index is 12.1. The Labute approximate surface area is 100 Å². The summed E-state index contributed by atoms with van der Waals surface area (Å²) in [7, 11) is 0. The van der Waals surface area contributed by atoms with Crippen molar-refractivity contribution in [3.05, 3.63) is 11.6 Å². The van der Waals surface area contributed by atoms with E-state index in [2.05, 4.69) is 15.2 Å². The lowest BCUT2D eigenvalue weighted by molar-refractivity contribution is 0.0666. The molecule has 94 valence electrons. The van der Waals surface area contributed by atoms with Gasteiger partial charge >= 0.3 is 0 Å². The van der Waals surface area contributed by atoms with Crippen LogP contribution in [0.15, 0.2) is 0 Å². The van der Waals surface area contributed by atoms with E-state index in [4.69, 9.17) is 0 Å². The third-order valence-corrected chi connectivity index (χ3v) is 3.06. The summed E-state index contributed by atoms with van der Waals surface area (Å²) in [5.41, 5.74) is 0. The first-order valence-corrected chi connectivity index (χ1v) is 6.09. The van der Waals surface area contributed by atoms with Crippen molar-refractivity contribution in [1.29, 1.82) is 0 Å². The highest BCUT2D eigenvalue weighted by Gasteiger charge is 2.30. The van der Waals surface area contributed by atoms with Gasteiger partial charge in [0.05, 0.1) is 12.6 Å². The van der Waals surface area contributed by atoms with Crippen LogP contribution >= 0.6 is 0 Å². The standard InChI is InChI=1S/C11H18N4O2/c1-2-4-9-12-10(14-13-9)11(17)15-6-3-5-8(15)7-16/h8,16H,2-7H2,1H3,(H,12,13,14). The quantitative estimate of drug-likeness (QED) is 0.793. The molecular formula is C11H18N4O2. The molecule has 2 rings (SSSR count). The van der Waals surface area contributed by atoms with Crippen molar-refractivity contribution in [3.63, 3.8) is 0 Å². The molecule has 0 saturated carbocycles. The number of amides is 1. The molecule has 1 aromatic heterocycles. The second-order valence-corrected chi connectivity index (χ2v) is 4.33. The van der Waals surface area contributed by atoms with E-state index in [0.29, 0.717) is 6.54 Å². The van der Waals surface area contributed by atoms with Crippen LogP contribution in [0.2, 0.25) is 0 Å². The number of aliphatic hydroxyl groups excluding tert-OH is 1. The van der Waals surface area contributed by atoms with Gasteiger partial charge in [0.2, 0.25) is 5.82 Å². The second kappa shape index (κ2) is 5.27. The summed E-state index contributed by atoms with van der Waals surface area (Å²) in [5.74, 6) is 0.782. The summed E-state index contributed by atoms with van der Waals surface area (Å²) in [6.45, 7) is 2.74. The summed E-state index contributed by atoms with van der Waals surface area (Å²) in [4.78, 5) is 17.9. The van der Waals surface area contributed by atoms with E-state index >= 15 is 0 Å². The Bertz CT molecular complexity index is 391. The lowest BCUT2D eigenvalue weighted by Gasteiger charge is -2.21. The number of H-pyrrole nitrogens is 1. The van der Waals surface area contributed by atoms with E-state index in [1.54, 1.807) is 4.90 Å². The van der Waals surface area contributed by atoms with Crippen LogP contribution < -0.4 is 0 Å². The Kier molecular flexibility index (Phi) is 3.73. The van der Waals surface area contributed by atoms with E-state index < -0.39 is 0 Å². The Morgan fingerprint density at radius 3 is 3.18 bits per heavy atom. The maximum Gasteiger partial charge on any atom is 0.293 e. The Hall–Kier alpha value is -1.43. The number of nitrogens with one attached hydrogen (secondary N) is 1. The Balaban J connectivity index is 2.07. The monoisotopic (exact) mass is 238 g/mol. The number of aromatic nitrogens is 3. The summed E-state index contributed by atoms with van der Waals surface area (Å²) >= 11 is 0. The van der Waals surface area contributed by atoms with Crippen molar-refractivity contribution >= 4 is 5.91 Å². The first-order valence-electron chi connectivity index (χ1n) is 6.09. The Morgan fingerprint density at radius 1 is 1.65 bits per heavy atom. The highest BCUT2D eigenvalue weighted by molar-refractivity contribution is 5.90. The van der Waals surface area contributed by atoms with E-state index in [9.17, 15) is 9.90 Å². The van der Waals surface area contributed by atoms with E-state index in [1.807, 2.05) is 6.92 Å². The smallest absolute Gasteiger partial charge is 0.293 e. The molecular weight excluding hydrogens is 220 g/mol. The third-order valence-electron chi connectivity index (χ3n) is 3.06. The van der Waals surface area contributed by atoms with Gasteiger partial charge in [-0.25, -0.2) is 4.98 Å². The molecule has 0 aromatic carbocycles. The van der Waals surface area contributed by atoms with Gasteiger partial charge in [0.25, 0.3) is 5.91 Å². The number of rotatable bonds is 4. The highest BCUT2D eigenvalue weighted by atomic mass is 16.3. The number of carbonyl (C=O) groups excluding carboxylic acids is 1. The normalized spacial score (nSPS) is 19.9. The SMILES string of the molecule is CCCc1nc(C(=O)N2CCCC2CO)n[nH]1. The molecule has 0 bridgehead atoms. The zero-order chi connectivity index (χ0) is 12.3. The van der Waals surface area contributed by atoms with Gasteiger partial charge in [-0.3, -0.25) is 9.89 Å². The number of hydrogen-bond acceptors (Lipinski definition) is 4. The van der Waals surface area contributed by atoms with Crippen molar-refractivity contribution in [2.75, 3.05) is 13.2 Å². The summed E-state index contributed by atoms with van der Waals surface area (Å²) < 4.78 is 0. The van der Waals surface area contributed by atoms with E-state index in [-0.39, 0.29) is 24.4 Å². The molecule has 1 unspecified atom stereocenters. The zero-order valence-electron chi connectivity index (χ0n) is 10.0. The number of likely N-dealkylation sites (tertiary alicyclic amines) is 1. The van der Waals surface area contributed by atoms with Gasteiger partial charge in [-0.15, -0.1) is 5.10 Å². The average Bonchev–Trinajstić information content (AvgIpc) is 2.96. The molecule has 1 aromatic rings. The molecule has 2 N–H and O–H groups in total. The van der Waals surface area contributed by atoms with E-state index in [0.717, 1.165) is 31.5 Å². The minimum Gasteiger partial charge on any atom is -0.394 e. The highest BCUT2D eigenvalue weighted by Crippen LogP contribution is 2.18. The van der Waals surface area contributed by atoms with Gasteiger partial charge in [-0.05, 0) is 19.3 Å². The molecule has 1 saturated heterocycles. The van der Waals surface area contributed by atoms with Gasteiger partial charge in [-0.1, -0.05) is 6.92 Å². The molecule has 0 radical (unpaired) electrons. The number of aromatic amines is 1. The van der Waals surface area contributed by atoms with Gasteiger partial charge < -0.3 is 10.0 Å². The molecule has 6 nitrogen and oxygen atoms in total. The van der Waals surface area contributed by atoms with Crippen LogP contribution in [0.4, 0.5) is 0 Å². The van der Waals surface area contributed by atoms with Crippen LogP contribution in [0.25, 0.3) is 0 Å². The lowest BCUT2D eigenvalue weighted by atomic mass is 10.2. The molecule has 2 heterocycles. The number of aliphatic hydroxyl groups is 1. The van der Waals surface area contributed by atoms with Gasteiger partial charge in [-0.2, -0.15) is 0 Å². The number of hydrogen-bond donors (Lipinski definition) is 2. The molecule has 17 heavy (non-hydrogen) atoms. The van der Waals surface area contributed by atoms with Crippen LogP contribution in [0.5, 0.6) is 0 Å².